The third-order valence-electron chi connectivity index (χ3n) is 3.89. The molecule has 1 aliphatic rings. The monoisotopic (exact) mass is 254 g/mol. The Labute approximate surface area is 107 Å². The quantitative estimate of drug-likeness (QED) is 0.875. The molecule has 0 spiro atoms. The molecule has 1 aliphatic carbocycles. The molecule has 2 N–H and O–H groups in total. The Morgan fingerprint density at radius 3 is 2.67 bits per heavy atom. The first-order valence-electron chi connectivity index (χ1n) is 6.38. The Morgan fingerprint density at radius 2 is 2.11 bits per heavy atom. The summed E-state index contributed by atoms with van der Waals surface area (Å²) in [6.45, 7) is 3.38. The van der Waals surface area contributed by atoms with Gasteiger partial charge in [-0.15, -0.1) is 0 Å². The normalized spacial score (nSPS) is 24.3. The molecule has 0 bridgehead atoms. The molecule has 1 saturated carbocycles. The Balaban J connectivity index is 2.14. The number of rotatable bonds is 5. The molecule has 3 unspecified atom stereocenters. The molecule has 0 aromatic heterocycles. The van der Waals surface area contributed by atoms with E-state index >= 15 is 0 Å². The highest BCUT2D eigenvalue weighted by Gasteiger charge is 2.35. The van der Waals surface area contributed by atoms with Crippen LogP contribution in [0.2, 0.25) is 0 Å². The maximum atomic E-state index is 13.8. The number of nitrogens with two attached hydrogens (primary N) is 1. The first kappa shape index (κ1) is 13.4. The second kappa shape index (κ2) is 5.33. The van der Waals surface area contributed by atoms with Crippen molar-refractivity contribution in [1.29, 1.82) is 0 Å². The minimum absolute atomic E-state index is 0.256. The molecule has 3 atom stereocenters. The Kier molecular flexibility index (Phi) is 3.97. The van der Waals surface area contributed by atoms with Gasteiger partial charge in [0.2, 0.25) is 0 Å². The summed E-state index contributed by atoms with van der Waals surface area (Å²) in [5.74, 6) is -0.174. The van der Waals surface area contributed by atoms with E-state index in [4.69, 9.17) is 5.73 Å². The Bertz CT molecular complexity index is 422. The van der Waals surface area contributed by atoms with E-state index in [9.17, 15) is 8.78 Å². The van der Waals surface area contributed by atoms with Crippen LogP contribution >= 0.6 is 0 Å². The number of hydrogen-bond donors (Lipinski definition) is 1. The van der Waals surface area contributed by atoms with Crippen LogP contribution in [0.3, 0.4) is 0 Å². The van der Waals surface area contributed by atoms with Gasteiger partial charge < -0.3 is 5.73 Å². The van der Waals surface area contributed by atoms with E-state index in [0.717, 1.165) is 18.5 Å². The summed E-state index contributed by atoms with van der Waals surface area (Å²) < 4.78 is 27.0. The molecular formula is C14H20F2N2. The first-order valence-corrected chi connectivity index (χ1v) is 6.38. The lowest BCUT2D eigenvalue weighted by atomic mass is 10.0. The van der Waals surface area contributed by atoms with Gasteiger partial charge in [-0.1, -0.05) is 19.1 Å². The smallest absolute Gasteiger partial charge is 0.163 e. The van der Waals surface area contributed by atoms with Crippen LogP contribution in [0.15, 0.2) is 18.2 Å². The summed E-state index contributed by atoms with van der Waals surface area (Å²) in [5, 5.41) is 0. The Morgan fingerprint density at radius 1 is 1.44 bits per heavy atom. The molecule has 1 fully saturated rings. The van der Waals surface area contributed by atoms with Crippen LogP contribution in [0.25, 0.3) is 0 Å². The van der Waals surface area contributed by atoms with Crippen LogP contribution in [0.1, 0.15) is 24.9 Å². The third-order valence-corrected chi connectivity index (χ3v) is 3.89. The molecule has 2 rings (SSSR count). The molecule has 0 radical (unpaired) electrons. The SMILES string of the molecule is CC1CC1CN(C)C(CN)c1cccc(F)c1F. The van der Waals surface area contributed by atoms with E-state index in [-0.39, 0.29) is 12.6 Å². The fourth-order valence-corrected chi connectivity index (χ4v) is 2.47. The zero-order valence-corrected chi connectivity index (χ0v) is 10.9. The maximum Gasteiger partial charge on any atom is 0.163 e. The van der Waals surface area contributed by atoms with E-state index in [0.29, 0.717) is 11.5 Å². The van der Waals surface area contributed by atoms with E-state index in [1.807, 2.05) is 11.9 Å². The molecule has 0 amide bonds. The minimum Gasteiger partial charge on any atom is -0.329 e. The molecule has 100 valence electrons. The second-order valence-electron chi connectivity index (χ2n) is 5.31. The average molecular weight is 254 g/mol. The molecule has 0 saturated heterocycles. The minimum atomic E-state index is -0.806. The molecule has 0 heterocycles. The van der Waals surface area contributed by atoms with Crippen LogP contribution < -0.4 is 5.73 Å². The van der Waals surface area contributed by atoms with Crippen molar-refractivity contribution >= 4 is 0 Å². The van der Waals surface area contributed by atoms with Crippen LogP contribution in [-0.4, -0.2) is 25.0 Å². The van der Waals surface area contributed by atoms with Crippen molar-refractivity contribution in [3.8, 4) is 0 Å². The third kappa shape index (κ3) is 2.70. The topological polar surface area (TPSA) is 29.3 Å². The summed E-state index contributed by atoms with van der Waals surface area (Å²) in [7, 11) is 1.92. The maximum absolute atomic E-state index is 13.8. The van der Waals surface area contributed by atoms with Crippen molar-refractivity contribution in [2.45, 2.75) is 19.4 Å². The fourth-order valence-electron chi connectivity index (χ4n) is 2.47. The van der Waals surface area contributed by atoms with Gasteiger partial charge >= 0.3 is 0 Å². The van der Waals surface area contributed by atoms with Crippen molar-refractivity contribution in [2.75, 3.05) is 20.1 Å². The van der Waals surface area contributed by atoms with Gasteiger partial charge in [-0.3, -0.25) is 4.90 Å². The molecule has 1 aromatic rings. The number of hydrogen-bond acceptors (Lipinski definition) is 2. The van der Waals surface area contributed by atoms with Crippen molar-refractivity contribution in [1.82, 2.24) is 4.90 Å². The van der Waals surface area contributed by atoms with Gasteiger partial charge in [0, 0.05) is 24.7 Å². The van der Waals surface area contributed by atoms with E-state index in [1.165, 1.54) is 12.5 Å². The molecule has 0 aliphatic heterocycles. The summed E-state index contributed by atoms with van der Waals surface area (Å²) in [4.78, 5) is 2.03. The highest BCUT2D eigenvalue weighted by atomic mass is 19.2. The van der Waals surface area contributed by atoms with E-state index in [2.05, 4.69) is 6.92 Å². The van der Waals surface area contributed by atoms with Gasteiger partial charge in [0.1, 0.15) is 0 Å². The van der Waals surface area contributed by atoms with Gasteiger partial charge in [0.25, 0.3) is 0 Å². The highest BCUT2D eigenvalue weighted by molar-refractivity contribution is 5.23. The van der Waals surface area contributed by atoms with Crippen molar-refractivity contribution < 1.29 is 8.78 Å². The number of nitrogens with zero attached hydrogens (tertiary/aromatic N) is 1. The Hall–Kier alpha value is -1.00. The van der Waals surface area contributed by atoms with Gasteiger partial charge in [0.05, 0.1) is 0 Å². The van der Waals surface area contributed by atoms with Crippen LogP contribution in [-0.2, 0) is 0 Å². The van der Waals surface area contributed by atoms with E-state index < -0.39 is 11.6 Å². The van der Waals surface area contributed by atoms with Crippen molar-refractivity contribution in [3.63, 3.8) is 0 Å². The van der Waals surface area contributed by atoms with Gasteiger partial charge in [-0.2, -0.15) is 0 Å². The van der Waals surface area contributed by atoms with Gasteiger partial charge in [0.15, 0.2) is 11.6 Å². The zero-order chi connectivity index (χ0) is 13.3. The van der Waals surface area contributed by atoms with Crippen molar-refractivity contribution in [2.24, 2.45) is 17.6 Å². The molecule has 4 heteroatoms. The van der Waals surface area contributed by atoms with Gasteiger partial charge in [-0.05, 0) is 31.4 Å². The second-order valence-corrected chi connectivity index (χ2v) is 5.31. The fraction of sp³-hybridized carbons (Fsp3) is 0.571. The van der Waals surface area contributed by atoms with Crippen LogP contribution in [0, 0.1) is 23.5 Å². The molecule has 1 aromatic carbocycles. The first-order chi connectivity index (χ1) is 8.54. The molecule has 2 nitrogen and oxygen atoms in total. The predicted molar refractivity (Wildman–Crippen MR) is 68.1 cm³/mol. The molecular weight excluding hydrogens is 234 g/mol. The highest BCUT2D eigenvalue weighted by Crippen LogP contribution is 2.39. The lowest BCUT2D eigenvalue weighted by Crippen LogP contribution is -2.33. The summed E-state index contributed by atoms with van der Waals surface area (Å²) in [6, 6.07) is 4.02. The number of halogens is 2. The summed E-state index contributed by atoms with van der Waals surface area (Å²) in [5.41, 5.74) is 6.08. The standard InChI is InChI=1S/C14H20F2N2/c1-9-6-10(9)8-18(2)13(7-17)11-4-3-5-12(15)14(11)16/h3-5,9-10,13H,6-8,17H2,1-2H3. The van der Waals surface area contributed by atoms with E-state index in [1.54, 1.807) is 6.07 Å². The summed E-state index contributed by atoms with van der Waals surface area (Å²) >= 11 is 0. The summed E-state index contributed by atoms with van der Waals surface area (Å²) in [6.07, 6.45) is 1.22. The van der Waals surface area contributed by atoms with Gasteiger partial charge in [-0.25, -0.2) is 8.78 Å². The lowest BCUT2D eigenvalue weighted by molar-refractivity contribution is 0.230. The van der Waals surface area contributed by atoms with Crippen LogP contribution in [0.4, 0.5) is 8.78 Å². The number of benzene rings is 1. The lowest BCUT2D eigenvalue weighted by Gasteiger charge is -2.27. The van der Waals surface area contributed by atoms with Crippen LogP contribution in [0.5, 0.6) is 0 Å². The average Bonchev–Trinajstić information content (AvgIpc) is 3.01. The van der Waals surface area contributed by atoms with Crippen molar-refractivity contribution in [3.05, 3.63) is 35.4 Å². The predicted octanol–water partition coefficient (Wildman–Crippen LogP) is 2.55. The zero-order valence-electron chi connectivity index (χ0n) is 10.9. The number of likely N-dealkylation sites (N-methyl/N-ethyl adjacent to an activating group) is 1. The molecule has 18 heavy (non-hydrogen) atoms. The largest absolute Gasteiger partial charge is 0.329 e.